The van der Waals surface area contributed by atoms with Gasteiger partial charge in [0, 0.05) is 19.1 Å². The van der Waals surface area contributed by atoms with Crippen LogP contribution in [0.15, 0.2) is 6.20 Å². The van der Waals surface area contributed by atoms with E-state index in [2.05, 4.69) is 25.2 Å². The minimum Gasteiger partial charge on any atom is -0.351 e. The Bertz CT molecular complexity index is 1110. The van der Waals surface area contributed by atoms with Crippen molar-refractivity contribution in [2.45, 2.75) is 50.9 Å². The predicted molar refractivity (Wildman–Crippen MR) is 120 cm³/mol. The molecule has 2 aliphatic heterocycles. The molecule has 0 spiro atoms. The Balaban J connectivity index is 1.56. The molecular formula is C20H26F4N6O2S2. The van der Waals surface area contributed by atoms with Crippen molar-refractivity contribution in [2.75, 3.05) is 37.8 Å². The Labute approximate surface area is 199 Å². The number of hydrogen-bond acceptors (Lipinski definition) is 8. The van der Waals surface area contributed by atoms with Crippen molar-refractivity contribution < 1.29 is 26.0 Å². The van der Waals surface area contributed by atoms with E-state index in [0.29, 0.717) is 25.9 Å². The monoisotopic (exact) mass is 522 g/mol. The Morgan fingerprint density at radius 1 is 1.12 bits per heavy atom. The number of aromatic nitrogens is 3. The van der Waals surface area contributed by atoms with Gasteiger partial charge in [0.2, 0.25) is 16.0 Å². The van der Waals surface area contributed by atoms with Crippen LogP contribution >= 0.6 is 11.3 Å². The van der Waals surface area contributed by atoms with Crippen LogP contribution in [0.5, 0.6) is 0 Å². The molecule has 2 aliphatic rings. The number of nitrogens with one attached hydrogen (secondary N) is 1. The molecule has 2 saturated heterocycles. The number of hydrogen-bond donors (Lipinski definition) is 1. The summed E-state index contributed by atoms with van der Waals surface area (Å²) in [6.45, 7) is 2.48. The fourth-order valence-corrected chi connectivity index (χ4v) is 6.20. The van der Waals surface area contributed by atoms with Crippen molar-refractivity contribution in [1.82, 2.24) is 24.2 Å². The molecule has 4 heterocycles. The highest BCUT2D eigenvalue weighted by molar-refractivity contribution is 7.88. The largest absolute Gasteiger partial charge is 0.434 e. The van der Waals surface area contributed by atoms with Crippen LogP contribution in [0.1, 0.15) is 42.8 Å². The van der Waals surface area contributed by atoms with E-state index in [4.69, 9.17) is 0 Å². The molecule has 0 atom stereocenters. The fraction of sp³-hybridized carbons (Fsp3) is 0.650. The molecule has 0 unspecified atom stereocenters. The minimum atomic E-state index is -4.75. The lowest BCUT2D eigenvalue weighted by atomic mass is 10.1. The SMILES string of the molecule is CS(=O)(=O)N1CCC(Nc2ncc(F)c(-c3sc(CN4CCCCC4)nc3C(F)(F)F)n2)CC1. The molecule has 14 heteroatoms. The van der Waals surface area contributed by atoms with E-state index < -0.39 is 33.4 Å². The van der Waals surface area contributed by atoms with Crippen LogP contribution in [-0.4, -0.2) is 71.1 Å². The molecule has 0 radical (unpaired) electrons. The van der Waals surface area contributed by atoms with Crippen LogP contribution < -0.4 is 5.32 Å². The third-order valence-corrected chi connectivity index (χ3v) is 8.31. The van der Waals surface area contributed by atoms with Crippen molar-refractivity contribution in [3.05, 3.63) is 22.7 Å². The number of rotatable bonds is 6. The first kappa shape index (κ1) is 25.2. The lowest BCUT2D eigenvalue weighted by molar-refractivity contribution is -0.140. The topological polar surface area (TPSA) is 91.3 Å². The summed E-state index contributed by atoms with van der Waals surface area (Å²) in [4.78, 5) is 13.5. The van der Waals surface area contributed by atoms with Gasteiger partial charge >= 0.3 is 6.18 Å². The highest BCUT2D eigenvalue weighted by Crippen LogP contribution is 2.41. The lowest BCUT2D eigenvalue weighted by Gasteiger charge is -2.30. The van der Waals surface area contributed by atoms with Crippen molar-refractivity contribution in [3.8, 4) is 10.6 Å². The number of nitrogens with zero attached hydrogens (tertiary/aromatic N) is 5. The van der Waals surface area contributed by atoms with E-state index in [-0.39, 0.29) is 28.4 Å². The zero-order valence-electron chi connectivity index (χ0n) is 18.6. The number of halogens is 4. The van der Waals surface area contributed by atoms with Gasteiger partial charge in [-0.3, -0.25) is 4.90 Å². The summed E-state index contributed by atoms with van der Waals surface area (Å²) in [5, 5.41) is 3.27. The molecule has 2 fully saturated rings. The molecule has 0 amide bonds. The molecule has 4 rings (SSSR count). The van der Waals surface area contributed by atoms with Crippen molar-refractivity contribution in [3.63, 3.8) is 0 Å². The maximum Gasteiger partial charge on any atom is 0.434 e. The van der Waals surface area contributed by atoms with Crippen LogP contribution in [0.2, 0.25) is 0 Å². The molecule has 2 aromatic heterocycles. The van der Waals surface area contributed by atoms with E-state index in [1.54, 1.807) is 0 Å². The quantitative estimate of drug-likeness (QED) is 0.580. The average molecular weight is 523 g/mol. The number of anilines is 1. The maximum atomic E-state index is 14.6. The summed E-state index contributed by atoms with van der Waals surface area (Å²) in [6.07, 6.45) is 1.25. The average Bonchev–Trinajstić information content (AvgIpc) is 3.20. The standard InChI is InChI=1S/C20H26F4N6O2S2/c1-34(31,32)30-9-5-13(6-10-30)26-19-25-11-14(21)16(28-19)17-18(20(22,23)24)27-15(33-17)12-29-7-3-2-4-8-29/h11,13H,2-10,12H2,1H3,(H,25,26,28). The van der Waals surface area contributed by atoms with Crippen LogP contribution in [0, 0.1) is 5.82 Å². The predicted octanol–water partition coefficient (Wildman–Crippen LogP) is 3.58. The van der Waals surface area contributed by atoms with E-state index in [9.17, 15) is 26.0 Å². The number of thiazole rings is 1. The van der Waals surface area contributed by atoms with E-state index >= 15 is 0 Å². The zero-order valence-corrected chi connectivity index (χ0v) is 20.2. The molecule has 2 aromatic rings. The Morgan fingerprint density at radius 3 is 2.41 bits per heavy atom. The van der Waals surface area contributed by atoms with Gasteiger partial charge in [0.15, 0.2) is 11.5 Å². The van der Waals surface area contributed by atoms with Gasteiger partial charge in [-0.05, 0) is 38.8 Å². The number of piperidine rings is 2. The number of alkyl halides is 3. The molecule has 0 bridgehead atoms. The Hall–Kier alpha value is -1.90. The molecule has 188 valence electrons. The summed E-state index contributed by atoms with van der Waals surface area (Å²) >= 11 is 0.801. The summed E-state index contributed by atoms with van der Waals surface area (Å²) < 4.78 is 80.6. The number of sulfonamides is 1. The molecule has 34 heavy (non-hydrogen) atoms. The molecule has 0 aliphatic carbocycles. The molecule has 1 N–H and O–H groups in total. The third kappa shape index (κ3) is 6.01. The van der Waals surface area contributed by atoms with E-state index in [1.165, 1.54) is 4.31 Å². The summed E-state index contributed by atoms with van der Waals surface area (Å²) in [6, 6.07) is -0.186. The van der Waals surface area contributed by atoms with Crippen molar-refractivity contribution >= 4 is 27.3 Å². The van der Waals surface area contributed by atoms with Crippen LogP contribution in [0.25, 0.3) is 10.6 Å². The molecule has 8 nitrogen and oxygen atoms in total. The van der Waals surface area contributed by atoms with Crippen molar-refractivity contribution in [2.24, 2.45) is 0 Å². The highest BCUT2D eigenvalue weighted by Gasteiger charge is 2.39. The smallest absolute Gasteiger partial charge is 0.351 e. The summed E-state index contributed by atoms with van der Waals surface area (Å²) in [5.74, 6) is -0.968. The first-order valence-corrected chi connectivity index (χ1v) is 13.7. The summed E-state index contributed by atoms with van der Waals surface area (Å²) in [5.41, 5.74) is -1.59. The van der Waals surface area contributed by atoms with Crippen LogP contribution in [0.3, 0.4) is 0 Å². The van der Waals surface area contributed by atoms with E-state index in [1.807, 2.05) is 0 Å². The van der Waals surface area contributed by atoms with E-state index in [0.717, 1.165) is 56.1 Å². The van der Waals surface area contributed by atoms with Crippen LogP contribution in [-0.2, 0) is 22.7 Å². The fourth-order valence-electron chi connectivity index (χ4n) is 4.20. The van der Waals surface area contributed by atoms with Gasteiger partial charge in [-0.1, -0.05) is 6.42 Å². The van der Waals surface area contributed by atoms with Gasteiger partial charge in [0.05, 0.1) is 23.9 Å². The van der Waals surface area contributed by atoms with Gasteiger partial charge in [0.25, 0.3) is 0 Å². The number of likely N-dealkylation sites (tertiary alicyclic amines) is 1. The van der Waals surface area contributed by atoms with Gasteiger partial charge in [-0.25, -0.2) is 32.1 Å². The molecular weight excluding hydrogens is 496 g/mol. The first-order chi connectivity index (χ1) is 16.0. The highest BCUT2D eigenvalue weighted by atomic mass is 32.2. The summed E-state index contributed by atoms with van der Waals surface area (Å²) in [7, 11) is -3.29. The molecule has 0 aromatic carbocycles. The third-order valence-electron chi connectivity index (χ3n) is 5.96. The molecule has 0 saturated carbocycles. The maximum absolute atomic E-state index is 14.6. The van der Waals surface area contributed by atoms with Crippen molar-refractivity contribution in [1.29, 1.82) is 0 Å². The van der Waals surface area contributed by atoms with Gasteiger partial charge < -0.3 is 5.32 Å². The van der Waals surface area contributed by atoms with Crippen LogP contribution in [0.4, 0.5) is 23.5 Å². The van der Waals surface area contributed by atoms with Gasteiger partial charge in [-0.2, -0.15) is 13.2 Å². The second-order valence-corrected chi connectivity index (χ2v) is 11.7. The second-order valence-electron chi connectivity index (χ2n) is 8.59. The van der Waals surface area contributed by atoms with Gasteiger partial charge in [-0.15, -0.1) is 11.3 Å². The minimum absolute atomic E-state index is 0.00619. The lowest BCUT2D eigenvalue weighted by Crippen LogP contribution is -2.42. The Kier molecular flexibility index (Phi) is 7.41. The van der Waals surface area contributed by atoms with Gasteiger partial charge in [0.1, 0.15) is 10.7 Å². The Morgan fingerprint density at radius 2 is 1.79 bits per heavy atom. The second kappa shape index (κ2) is 9.99. The normalized spacial score (nSPS) is 19.4. The zero-order chi connectivity index (χ0) is 24.5. The first-order valence-electron chi connectivity index (χ1n) is 11.0.